The third-order valence-corrected chi connectivity index (χ3v) is 3.82. The molecule has 0 N–H and O–H groups in total. The Hall–Kier alpha value is -2.20. The number of aromatic nitrogens is 2. The van der Waals surface area contributed by atoms with Crippen LogP contribution >= 0.6 is 11.6 Å². The number of nitrogens with zero attached hydrogens (tertiary/aromatic N) is 4. The summed E-state index contributed by atoms with van der Waals surface area (Å²) in [6.45, 7) is 6.31. The van der Waals surface area contributed by atoms with Crippen LogP contribution in [0.3, 0.4) is 0 Å². The van der Waals surface area contributed by atoms with E-state index in [-0.39, 0.29) is 22.0 Å². The molecule has 8 heteroatoms. The molecule has 2 aromatic rings. The summed E-state index contributed by atoms with van der Waals surface area (Å²) in [4.78, 5) is 4.66. The van der Waals surface area contributed by atoms with Crippen LogP contribution in [0.1, 0.15) is 0 Å². The molecule has 1 fully saturated rings. The fraction of sp³-hybridized carbons (Fsp3) is 0.286. The van der Waals surface area contributed by atoms with E-state index < -0.39 is 24.8 Å². The lowest BCUT2D eigenvalue weighted by Crippen LogP contribution is -2.56. The number of halogens is 4. The van der Waals surface area contributed by atoms with Gasteiger partial charge in [-0.25, -0.2) is 18.0 Å². The van der Waals surface area contributed by atoms with E-state index in [1.54, 1.807) is 7.05 Å². The van der Waals surface area contributed by atoms with E-state index in [9.17, 15) is 13.2 Å². The van der Waals surface area contributed by atoms with Gasteiger partial charge in [-0.15, -0.1) is 0 Å². The molecule has 0 atom stereocenters. The molecular formula is C14H10ClF3N4. The van der Waals surface area contributed by atoms with Gasteiger partial charge in [0.1, 0.15) is 5.82 Å². The quantitative estimate of drug-likeness (QED) is 0.782. The maximum absolute atomic E-state index is 14.4. The Kier molecular flexibility index (Phi) is 3.29. The predicted molar refractivity (Wildman–Crippen MR) is 77.0 cm³/mol. The third-order valence-electron chi connectivity index (χ3n) is 3.55. The Morgan fingerprint density at radius 1 is 1.41 bits per heavy atom. The van der Waals surface area contributed by atoms with E-state index in [1.807, 2.05) is 0 Å². The Balaban J connectivity index is 2.20. The van der Waals surface area contributed by atoms with Crippen molar-refractivity contribution in [2.45, 2.75) is 5.92 Å². The van der Waals surface area contributed by atoms with Gasteiger partial charge in [0.25, 0.3) is 5.92 Å². The third kappa shape index (κ3) is 2.20. The highest BCUT2D eigenvalue weighted by molar-refractivity contribution is 6.31. The molecule has 0 amide bonds. The molecule has 3 rings (SSSR count). The van der Waals surface area contributed by atoms with E-state index in [1.165, 1.54) is 27.9 Å². The first kappa shape index (κ1) is 14.7. The van der Waals surface area contributed by atoms with Crippen molar-refractivity contribution in [3.05, 3.63) is 40.6 Å². The van der Waals surface area contributed by atoms with E-state index in [2.05, 4.69) is 9.94 Å². The molecule has 22 heavy (non-hydrogen) atoms. The van der Waals surface area contributed by atoms with Crippen molar-refractivity contribution < 1.29 is 13.2 Å². The van der Waals surface area contributed by atoms with Crippen LogP contribution in [0.4, 0.5) is 24.5 Å². The first-order valence-electron chi connectivity index (χ1n) is 6.34. The second-order valence-corrected chi connectivity index (χ2v) is 5.49. The maximum atomic E-state index is 14.4. The van der Waals surface area contributed by atoms with Gasteiger partial charge in [0.05, 0.1) is 30.4 Å². The summed E-state index contributed by atoms with van der Waals surface area (Å²) in [7, 11) is 1.60. The Morgan fingerprint density at radius 3 is 2.59 bits per heavy atom. The largest absolute Gasteiger partial charge is 0.368 e. The smallest absolute Gasteiger partial charge is 0.282 e. The van der Waals surface area contributed by atoms with Crippen molar-refractivity contribution in [3.63, 3.8) is 0 Å². The summed E-state index contributed by atoms with van der Waals surface area (Å²) in [5.74, 6) is -3.56. The van der Waals surface area contributed by atoms with E-state index >= 15 is 0 Å². The average molecular weight is 327 g/mol. The SMILES string of the molecule is [C-]#[N+]c1c(N2CC(F)(F)C2)cc(Cl)c(F)c1-c1ccnn1C. The van der Waals surface area contributed by atoms with Crippen LogP contribution in [0.25, 0.3) is 16.1 Å². The number of benzene rings is 1. The van der Waals surface area contributed by atoms with Gasteiger partial charge in [0.15, 0.2) is 0 Å². The molecular weight excluding hydrogens is 317 g/mol. The van der Waals surface area contributed by atoms with Crippen LogP contribution in [-0.4, -0.2) is 28.8 Å². The molecule has 0 unspecified atom stereocenters. The topological polar surface area (TPSA) is 25.4 Å². The van der Waals surface area contributed by atoms with E-state index in [0.29, 0.717) is 5.69 Å². The Bertz CT molecular complexity index is 786. The molecule has 1 aliphatic heterocycles. The number of anilines is 1. The minimum Gasteiger partial charge on any atom is -0.368 e. The van der Waals surface area contributed by atoms with Gasteiger partial charge in [-0.3, -0.25) is 4.68 Å². The van der Waals surface area contributed by atoms with Crippen molar-refractivity contribution >= 4 is 23.0 Å². The van der Waals surface area contributed by atoms with Gasteiger partial charge < -0.3 is 4.90 Å². The van der Waals surface area contributed by atoms with Gasteiger partial charge >= 0.3 is 0 Å². The molecule has 0 spiro atoms. The number of hydrogen-bond acceptors (Lipinski definition) is 2. The van der Waals surface area contributed by atoms with Crippen molar-refractivity contribution in [1.29, 1.82) is 0 Å². The lowest BCUT2D eigenvalue weighted by Gasteiger charge is -2.41. The second kappa shape index (κ2) is 4.92. The van der Waals surface area contributed by atoms with Crippen LogP contribution in [0.5, 0.6) is 0 Å². The zero-order valence-corrected chi connectivity index (χ0v) is 12.2. The highest BCUT2D eigenvalue weighted by atomic mass is 35.5. The molecule has 0 bridgehead atoms. The minimum atomic E-state index is -2.80. The highest BCUT2D eigenvalue weighted by Gasteiger charge is 2.45. The predicted octanol–water partition coefficient (Wildman–Crippen LogP) is 3.89. The molecule has 1 aromatic heterocycles. The standard InChI is InChI=1S/C14H10ClF3N4/c1-19-13-10(22-6-14(17,18)7-22)5-8(15)12(16)11(13)9-3-4-20-21(9)2/h3-5H,6-7H2,2H3. The van der Waals surface area contributed by atoms with E-state index in [4.69, 9.17) is 18.2 Å². The highest BCUT2D eigenvalue weighted by Crippen LogP contribution is 2.46. The second-order valence-electron chi connectivity index (χ2n) is 5.08. The van der Waals surface area contributed by atoms with Crippen LogP contribution in [0.15, 0.2) is 18.3 Å². The molecule has 2 heterocycles. The lowest BCUT2D eigenvalue weighted by atomic mass is 10.0. The summed E-state index contributed by atoms with van der Waals surface area (Å²) in [5, 5.41) is 3.73. The molecule has 1 saturated heterocycles. The maximum Gasteiger partial charge on any atom is 0.282 e. The Labute approximate surface area is 129 Å². The number of alkyl halides is 2. The number of aryl methyl sites for hydroxylation is 1. The zero-order chi connectivity index (χ0) is 16.1. The van der Waals surface area contributed by atoms with E-state index in [0.717, 1.165) is 0 Å². The van der Waals surface area contributed by atoms with Crippen LogP contribution in [0, 0.1) is 12.4 Å². The summed E-state index contributed by atoms with van der Waals surface area (Å²) in [6.07, 6.45) is 1.46. The van der Waals surface area contributed by atoms with Crippen molar-refractivity contribution in [2.24, 2.45) is 7.05 Å². The normalized spacial score (nSPS) is 16.3. The molecule has 1 aromatic carbocycles. The zero-order valence-electron chi connectivity index (χ0n) is 11.4. The summed E-state index contributed by atoms with van der Waals surface area (Å²) < 4.78 is 42.0. The first-order valence-corrected chi connectivity index (χ1v) is 6.72. The van der Waals surface area contributed by atoms with Crippen LogP contribution in [-0.2, 0) is 7.05 Å². The fourth-order valence-electron chi connectivity index (χ4n) is 2.49. The molecule has 1 aliphatic rings. The molecule has 0 saturated carbocycles. The summed E-state index contributed by atoms with van der Waals surface area (Å²) in [5.41, 5.74) is 0.511. The van der Waals surface area contributed by atoms with Crippen LogP contribution in [0.2, 0.25) is 5.02 Å². The van der Waals surface area contributed by atoms with Crippen molar-refractivity contribution in [1.82, 2.24) is 9.78 Å². The van der Waals surface area contributed by atoms with Gasteiger partial charge in [-0.2, -0.15) is 5.10 Å². The molecule has 4 nitrogen and oxygen atoms in total. The number of rotatable bonds is 2. The van der Waals surface area contributed by atoms with Crippen LogP contribution < -0.4 is 4.90 Å². The van der Waals surface area contributed by atoms with Gasteiger partial charge in [0.2, 0.25) is 5.69 Å². The van der Waals surface area contributed by atoms with Gasteiger partial charge in [0, 0.05) is 24.5 Å². The summed E-state index contributed by atoms with van der Waals surface area (Å²) >= 11 is 5.89. The van der Waals surface area contributed by atoms with Gasteiger partial charge in [-0.1, -0.05) is 11.6 Å². The fourth-order valence-corrected chi connectivity index (χ4v) is 2.69. The first-order chi connectivity index (χ1) is 10.3. The van der Waals surface area contributed by atoms with Crippen molar-refractivity contribution in [3.8, 4) is 11.3 Å². The average Bonchev–Trinajstić information content (AvgIpc) is 2.84. The Morgan fingerprint density at radius 2 is 2.09 bits per heavy atom. The monoisotopic (exact) mass is 326 g/mol. The van der Waals surface area contributed by atoms with Gasteiger partial charge in [-0.05, 0) is 12.1 Å². The molecule has 0 radical (unpaired) electrons. The number of hydrogen-bond donors (Lipinski definition) is 0. The molecule has 114 valence electrons. The van der Waals surface area contributed by atoms with Crippen molar-refractivity contribution in [2.75, 3.05) is 18.0 Å². The lowest BCUT2D eigenvalue weighted by molar-refractivity contribution is -0.0261. The minimum absolute atomic E-state index is 0.0206. The summed E-state index contributed by atoms with van der Waals surface area (Å²) in [6, 6.07) is 2.76. The molecule has 0 aliphatic carbocycles.